The second-order valence-electron chi connectivity index (χ2n) is 24.9. The zero-order chi connectivity index (χ0) is 62.8. The fourth-order valence-electron chi connectivity index (χ4n) is 14.5. The van der Waals surface area contributed by atoms with Crippen LogP contribution in [0.1, 0.15) is 147 Å². The van der Waals surface area contributed by atoms with Crippen LogP contribution in [0, 0.1) is 46.3 Å². The number of aliphatic hydroxyl groups is 2. The molecule has 0 bridgehead atoms. The number of hydrogen-bond acceptors (Lipinski definition) is 16. The van der Waals surface area contributed by atoms with Crippen LogP contribution in [0.4, 0.5) is 0 Å². The molecular weight excluding hydrogens is 1120 g/mol. The van der Waals surface area contributed by atoms with Gasteiger partial charge in [-0.05, 0) is 140 Å². The molecule has 0 aliphatic heterocycles. The Morgan fingerprint density at radius 2 is 1.02 bits per heavy atom. The van der Waals surface area contributed by atoms with Gasteiger partial charge in [-0.3, -0.25) is 43.2 Å². The van der Waals surface area contributed by atoms with Gasteiger partial charge in [0.05, 0.1) is 25.4 Å². The third-order valence-corrected chi connectivity index (χ3v) is 19.5. The number of benzene rings is 3. The van der Waals surface area contributed by atoms with E-state index in [9.17, 15) is 58.5 Å². The molecule has 3 aromatic carbocycles. The zero-order valence-corrected chi connectivity index (χ0v) is 50.5. The number of aliphatic carboxylic acids is 1. The summed E-state index contributed by atoms with van der Waals surface area (Å²) < 4.78 is 21.4. The van der Waals surface area contributed by atoms with Crippen molar-refractivity contribution >= 4 is 53.5 Å². The number of carboxylic acids is 1. The minimum absolute atomic E-state index is 0.00634. The maximum absolute atomic E-state index is 14.8. The number of methoxy groups -OCH3 is 1. The molecule has 15 atom stereocenters. The van der Waals surface area contributed by atoms with Crippen LogP contribution >= 0.6 is 0 Å². The first kappa shape index (κ1) is 67.3. The number of amides is 4. The molecule has 7 rings (SSSR count). The van der Waals surface area contributed by atoms with Crippen LogP contribution in [0.5, 0.6) is 0 Å². The van der Waals surface area contributed by atoms with Crippen LogP contribution in [0.2, 0.25) is 0 Å². The Labute approximate surface area is 509 Å². The predicted octanol–water partition coefficient (Wildman–Crippen LogP) is 5.88. The van der Waals surface area contributed by atoms with Crippen molar-refractivity contribution in [3.05, 3.63) is 108 Å². The van der Waals surface area contributed by atoms with E-state index < -0.39 is 115 Å². The van der Waals surface area contributed by atoms with E-state index in [2.05, 4.69) is 42.0 Å². The van der Waals surface area contributed by atoms with Crippen molar-refractivity contribution in [2.45, 2.75) is 192 Å². The van der Waals surface area contributed by atoms with Gasteiger partial charge < -0.3 is 61.3 Å². The van der Waals surface area contributed by atoms with Crippen LogP contribution in [0.3, 0.4) is 0 Å². The van der Waals surface area contributed by atoms with Gasteiger partial charge in [-0.15, -0.1) is 0 Å². The molecule has 0 radical (unpaired) electrons. The van der Waals surface area contributed by atoms with E-state index in [1.807, 2.05) is 6.07 Å². The summed E-state index contributed by atoms with van der Waals surface area (Å²) in [5, 5.41) is 44.7. The number of esters is 4. The second-order valence-corrected chi connectivity index (χ2v) is 24.9. The normalized spacial score (nSPS) is 26.2. The standard InChI is InChI=1S/C66H89N5O16/c1-40(20-28-56(76)84-4)46-21-22-47-60-48(36-54(73)66(46,47)3)65(2)33-32-45(34-44(65)35-53(60)72)68-62(81)50(24-29-57(77)85-37-41-14-8-5-9-15-41)70-64(83)52(26-31-59(79)87-39-43-18-12-7-13-19-43)71-63(82)51(69-61(80)49(67)23-27-55(74)75)25-30-58(78)86-38-42-16-10-6-11-17-42/h5-19,40,44-54,60,72-73H,20-39,67H2,1-4H3,(H,68,81)(H,69,80)(H,70,83)(H,71,82)(H,74,75)/t40?,44-,45-,46+,47-,48-,49?,50?,51?,52?,53+,54-,60-,65-,66+/m0/s1. The lowest BCUT2D eigenvalue weighted by molar-refractivity contribution is -0.202. The average molecular weight is 1210 g/mol. The number of ether oxygens (including phenoxy) is 4. The van der Waals surface area contributed by atoms with Gasteiger partial charge in [0.25, 0.3) is 0 Å². The van der Waals surface area contributed by atoms with Crippen molar-refractivity contribution in [3.63, 3.8) is 0 Å². The van der Waals surface area contributed by atoms with Crippen LogP contribution < -0.4 is 27.0 Å². The Bertz CT molecular complexity index is 2830. The summed E-state index contributed by atoms with van der Waals surface area (Å²) >= 11 is 0. The summed E-state index contributed by atoms with van der Waals surface area (Å²) in [5.74, 6) is -6.73. The number of hydrogen-bond donors (Lipinski definition) is 8. The molecule has 0 aromatic heterocycles. The van der Waals surface area contributed by atoms with Crippen molar-refractivity contribution in [3.8, 4) is 0 Å². The van der Waals surface area contributed by atoms with Crippen molar-refractivity contribution in [2.24, 2.45) is 52.1 Å². The third kappa shape index (κ3) is 18.2. The van der Waals surface area contributed by atoms with Crippen LogP contribution in [-0.2, 0) is 81.9 Å². The van der Waals surface area contributed by atoms with E-state index >= 15 is 0 Å². The highest BCUT2D eigenvalue weighted by molar-refractivity contribution is 5.95. The highest BCUT2D eigenvalue weighted by Crippen LogP contribution is 2.68. The van der Waals surface area contributed by atoms with Gasteiger partial charge in [-0.2, -0.15) is 0 Å². The first-order chi connectivity index (χ1) is 41.6. The summed E-state index contributed by atoms with van der Waals surface area (Å²) in [6, 6.07) is 20.3. The molecule has 0 spiro atoms. The quantitative estimate of drug-likeness (QED) is 0.0285. The molecule has 4 aliphatic carbocycles. The number of nitrogens with one attached hydrogen (secondary N) is 4. The Hall–Kier alpha value is -7.23. The van der Waals surface area contributed by atoms with Gasteiger partial charge >= 0.3 is 29.8 Å². The first-order valence-electron chi connectivity index (χ1n) is 30.8. The zero-order valence-electron chi connectivity index (χ0n) is 50.5. The molecule has 4 aliphatic rings. The maximum Gasteiger partial charge on any atom is 0.306 e. The number of rotatable bonds is 30. The average Bonchev–Trinajstić information content (AvgIpc) is 1.70. The number of carbonyl (C=O) groups is 9. The lowest BCUT2D eigenvalue weighted by Gasteiger charge is -2.63. The molecule has 87 heavy (non-hydrogen) atoms. The molecular formula is C66H89N5O16. The molecule has 0 saturated heterocycles. The Balaban J connectivity index is 1.08. The minimum Gasteiger partial charge on any atom is -0.481 e. The Morgan fingerprint density at radius 1 is 0.563 bits per heavy atom. The molecule has 21 nitrogen and oxygen atoms in total. The van der Waals surface area contributed by atoms with E-state index in [-0.39, 0.29) is 98.8 Å². The Kier molecular flexibility index (Phi) is 24.4. The van der Waals surface area contributed by atoms with Gasteiger partial charge in [-0.25, -0.2) is 0 Å². The monoisotopic (exact) mass is 1210 g/mol. The number of aliphatic hydroxyl groups excluding tert-OH is 2. The predicted molar refractivity (Wildman–Crippen MR) is 317 cm³/mol. The summed E-state index contributed by atoms with van der Waals surface area (Å²) in [6.07, 6.45) is 1.26. The minimum atomic E-state index is -1.59. The van der Waals surface area contributed by atoms with E-state index in [4.69, 9.17) is 24.7 Å². The van der Waals surface area contributed by atoms with Gasteiger partial charge in [0.1, 0.15) is 37.9 Å². The largest absolute Gasteiger partial charge is 0.481 e. The smallest absolute Gasteiger partial charge is 0.306 e. The summed E-state index contributed by atoms with van der Waals surface area (Å²) in [5.41, 5.74) is 7.43. The summed E-state index contributed by atoms with van der Waals surface area (Å²) in [4.78, 5) is 121. The van der Waals surface area contributed by atoms with Crippen molar-refractivity contribution < 1.29 is 77.4 Å². The van der Waals surface area contributed by atoms with Crippen LogP contribution in [0.15, 0.2) is 91.0 Å². The number of carboxylic acid groups (broad SMARTS) is 1. The van der Waals surface area contributed by atoms with Gasteiger partial charge in [0.2, 0.25) is 23.6 Å². The maximum atomic E-state index is 14.8. The van der Waals surface area contributed by atoms with Gasteiger partial charge in [-0.1, -0.05) is 112 Å². The van der Waals surface area contributed by atoms with Gasteiger partial charge in [0.15, 0.2) is 0 Å². The number of carbonyl (C=O) groups excluding carboxylic acids is 8. The molecule has 3 aromatic rings. The van der Waals surface area contributed by atoms with Crippen molar-refractivity contribution in [1.29, 1.82) is 0 Å². The molecule has 4 fully saturated rings. The van der Waals surface area contributed by atoms with E-state index in [1.165, 1.54) is 7.11 Å². The molecule has 0 heterocycles. The van der Waals surface area contributed by atoms with Crippen molar-refractivity contribution in [2.75, 3.05) is 7.11 Å². The van der Waals surface area contributed by atoms with Crippen LogP contribution in [-0.4, -0.2) is 118 Å². The lowest BCUT2D eigenvalue weighted by Crippen LogP contribution is -2.63. The van der Waals surface area contributed by atoms with Gasteiger partial charge in [0, 0.05) is 38.1 Å². The topological polar surface area (TPSA) is 325 Å². The van der Waals surface area contributed by atoms with E-state index in [0.29, 0.717) is 56.1 Å². The lowest BCUT2D eigenvalue weighted by atomic mass is 9.43. The molecule has 4 amide bonds. The fourth-order valence-corrected chi connectivity index (χ4v) is 14.5. The van der Waals surface area contributed by atoms with E-state index in [1.54, 1.807) is 84.9 Å². The number of nitrogens with two attached hydrogens (primary N) is 1. The number of fused-ring (bicyclic) bond motifs is 5. The van der Waals surface area contributed by atoms with E-state index in [0.717, 1.165) is 18.4 Å². The fraction of sp³-hybridized carbons (Fsp3) is 0.591. The third-order valence-electron chi connectivity index (χ3n) is 19.5. The van der Waals surface area contributed by atoms with Crippen LogP contribution in [0.25, 0.3) is 0 Å². The molecule has 9 N–H and O–H groups in total. The SMILES string of the molecule is COC(=O)CCC(C)[C@H]1CC[C@H]2[C@@H]3[C@H](O)C[C@@H]4C[C@@H](NC(=O)C(CCC(=O)OCc5ccccc5)NC(=O)C(CCC(=O)OCc5ccccc5)NC(=O)C(CCC(=O)OCc5ccccc5)NC(=O)C(N)CCC(=O)O)CC[C@]4(C)[C@H]3C[C@H](O)[C@]12C. The molecule has 474 valence electrons. The first-order valence-corrected chi connectivity index (χ1v) is 30.8. The second kappa shape index (κ2) is 31.6. The van der Waals surface area contributed by atoms with Crippen molar-refractivity contribution in [1.82, 2.24) is 21.3 Å². The highest BCUT2D eigenvalue weighted by atomic mass is 16.5. The molecule has 21 heteroatoms. The highest BCUT2D eigenvalue weighted by Gasteiger charge is 2.66. The summed E-state index contributed by atoms with van der Waals surface area (Å²) in [6.45, 7) is 6.35. The molecule has 5 unspecified atom stereocenters. The summed E-state index contributed by atoms with van der Waals surface area (Å²) in [7, 11) is 1.38. The Morgan fingerprint density at radius 3 is 1.49 bits per heavy atom. The molecule has 4 saturated carbocycles.